The molecule has 0 spiro atoms. The van der Waals surface area contributed by atoms with Crippen molar-refractivity contribution in [2.45, 2.75) is 48.8 Å². The molecule has 1 aliphatic heterocycles. The second-order valence-electron chi connectivity index (χ2n) is 4.24. The number of carbonyl (C=O) groups is 1. The maximum atomic E-state index is 11.5. The second kappa shape index (κ2) is 6.38. The molecule has 2 atom stereocenters. The lowest BCUT2D eigenvalue weighted by molar-refractivity contribution is -0.140. The van der Waals surface area contributed by atoms with Crippen LogP contribution in [-0.4, -0.2) is 34.1 Å². The van der Waals surface area contributed by atoms with Crippen molar-refractivity contribution in [3.63, 3.8) is 0 Å². The Bertz CT molecular complexity index is 411. The molecule has 2 heterocycles. The minimum Gasteiger partial charge on any atom is -0.462 e. The summed E-state index contributed by atoms with van der Waals surface area (Å²) >= 11 is 2.95. The third-order valence-electron chi connectivity index (χ3n) is 2.58. The van der Waals surface area contributed by atoms with Gasteiger partial charge in [-0.2, -0.15) is 0 Å². The summed E-state index contributed by atoms with van der Waals surface area (Å²) in [6, 6.07) is 0. The van der Waals surface area contributed by atoms with Gasteiger partial charge in [-0.05, 0) is 13.3 Å². The molecule has 1 aliphatic rings. The van der Waals surface area contributed by atoms with Crippen LogP contribution in [0.3, 0.4) is 0 Å². The zero-order valence-electron chi connectivity index (χ0n) is 10.5. The maximum absolute atomic E-state index is 11.5. The first kappa shape index (κ1) is 13.6. The molecule has 0 bridgehead atoms. The highest BCUT2D eigenvalue weighted by Gasteiger charge is 2.33. The predicted octanol–water partition coefficient (Wildman–Crippen LogP) is 2.55. The molecule has 0 saturated carbocycles. The Labute approximate surface area is 115 Å². The standard InChI is InChI=1S/C11H17N3O2S2/c1-3-4-5-12-10-13-14-11(18-10)17-8-6-7(2)16-9(8)15/h7-8H,3-6H2,1-2H3,(H,12,13)/t7-,8-/m1/s1. The zero-order chi connectivity index (χ0) is 13.0. The van der Waals surface area contributed by atoms with Gasteiger partial charge < -0.3 is 10.1 Å². The highest BCUT2D eigenvalue weighted by Crippen LogP contribution is 2.34. The Balaban J connectivity index is 1.84. The van der Waals surface area contributed by atoms with Crippen LogP contribution < -0.4 is 5.32 Å². The Morgan fingerprint density at radius 1 is 1.56 bits per heavy atom. The largest absolute Gasteiger partial charge is 0.462 e. The molecule has 1 saturated heterocycles. The number of anilines is 1. The highest BCUT2D eigenvalue weighted by molar-refractivity contribution is 8.02. The monoisotopic (exact) mass is 287 g/mol. The number of carbonyl (C=O) groups excluding carboxylic acids is 1. The normalized spacial score (nSPS) is 23.1. The van der Waals surface area contributed by atoms with E-state index in [1.165, 1.54) is 23.1 Å². The van der Waals surface area contributed by atoms with Gasteiger partial charge in [-0.25, -0.2) is 0 Å². The van der Waals surface area contributed by atoms with Gasteiger partial charge in [-0.3, -0.25) is 4.79 Å². The highest BCUT2D eigenvalue weighted by atomic mass is 32.2. The molecule has 0 aromatic carbocycles. The number of nitrogens with zero attached hydrogens (tertiary/aromatic N) is 2. The Hall–Kier alpha value is -0.820. The van der Waals surface area contributed by atoms with E-state index in [4.69, 9.17) is 4.74 Å². The minimum absolute atomic E-state index is 0.0186. The fourth-order valence-corrected chi connectivity index (χ4v) is 3.77. The molecule has 2 rings (SSSR count). The molecule has 100 valence electrons. The molecule has 0 aliphatic carbocycles. The van der Waals surface area contributed by atoms with Crippen LogP contribution in [0.25, 0.3) is 0 Å². The van der Waals surface area contributed by atoms with Crippen LogP contribution in [0.2, 0.25) is 0 Å². The van der Waals surface area contributed by atoms with Gasteiger partial charge in [0.1, 0.15) is 11.4 Å². The molecule has 18 heavy (non-hydrogen) atoms. The first-order valence-corrected chi connectivity index (χ1v) is 7.83. The smallest absolute Gasteiger partial charge is 0.319 e. The fraction of sp³-hybridized carbons (Fsp3) is 0.727. The van der Waals surface area contributed by atoms with E-state index >= 15 is 0 Å². The van der Waals surface area contributed by atoms with Crippen LogP contribution in [-0.2, 0) is 9.53 Å². The number of nitrogens with one attached hydrogen (secondary N) is 1. The number of ether oxygens (including phenoxy) is 1. The first-order valence-electron chi connectivity index (χ1n) is 6.13. The van der Waals surface area contributed by atoms with E-state index in [0.29, 0.717) is 0 Å². The quantitative estimate of drug-likeness (QED) is 0.641. The zero-order valence-corrected chi connectivity index (χ0v) is 12.1. The number of unbranched alkanes of at least 4 members (excludes halogenated alkanes) is 1. The molecule has 1 fully saturated rings. The van der Waals surface area contributed by atoms with Crippen LogP contribution in [0.5, 0.6) is 0 Å². The van der Waals surface area contributed by atoms with Gasteiger partial charge in [0.15, 0.2) is 4.34 Å². The average Bonchev–Trinajstić information content (AvgIpc) is 2.88. The van der Waals surface area contributed by atoms with E-state index in [9.17, 15) is 4.79 Å². The van der Waals surface area contributed by atoms with Crippen LogP contribution in [0, 0.1) is 0 Å². The van der Waals surface area contributed by atoms with Crippen LogP contribution in [0.1, 0.15) is 33.1 Å². The van der Waals surface area contributed by atoms with Crippen molar-refractivity contribution in [3.05, 3.63) is 0 Å². The molecule has 0 amide bonds. The Morgan fingerprint density at radius 3 is 3.06 bits per heavy atom. The molecule has 7 heteroatoms. The number of aromatic nitrogens is 2. The number of esters is 1. The molecule has 1 aromatic heterocycles. The predicted molar refractivity (Wildman–Crippen MR) is 73.1 cm³/mol. The molecule has 0 unspecified atom stereocenters. The lowest BCUT2D eigenvalue weighted by atomic mass is 10.3. The van der Waals surface area contributed by atoms with E-state index in [2.05, 4.69) is 22.4 Å². The van der Waals surface area contributed by atoms with Gasteiger partial charge in [0.05, 0.1) is 0 Å². The molecule has 5 nitrogen and oxygen atoms in total. The summed E-state index contributed by atoms with van der Waals surface area (Å²) in [4.78, 5) is 11.5. The van der Waals surface area contributed by atoms with Gasteiger partial charge in [0.2, 0.25) is 5.13 Å². The third kappa shape index (κ3) is 3.58. The van der Waals surface area contributed by atoms with Gasteiger partial charge in [-0.1, -0.05) is 36.4 Å². The summed E-state index contributed by atoms with van der Waals surface area (Å²) in [6.07, 6.45) is 3.04. The number of cyclic esters (lactones) is 1. The van der Waals surface area contributed by atoms with Gasteiger partial charge in [0.25, 0.3) is 0 Å². The van der Waals surface area contributed by atoms with E-state index in [0.717, 1.165) is 35.3 Å². The van der Waals surface area contributed by atoms with Crippen molar-refractivity contribution in [2.24, 2.45) is 0 Å². The van der Waals surface area contributed by atoms with E-state index in [-0.39, 0.29) is 17.3 Å². The van der Waals surface area contributed by atoms with Crippen LogP contribution in [0.15, 0.2) is 4.34 Å². The van der Waals surface area contributed by atoms with Crippen molar-refractivity contribution in [3.8, 4) is 0 Å². The van der Waals surface area contributed by atoms with Crippen molar-refractivity contribution >= 4 is 34.2 Å². The number of rotatable bonds is 6. The van der Waals surface area contributed by atoms with Crippen molar-refractivity contribution in [1.82, 2.24) is 10.2 Å². The van der Waals surface area contributed by atoms with Crippen LogP contribution in [0.4, 0.5) is 5.13 Å². The SMILES string of the molecule is CCCCNc1nnc(S[C@@H]2C[C@@H](C)OC2=O)s1. The van der Waals surface area contributed by atoms with Crippen molar-refractivity contribution < 1.29 is 9.53 Å². The van der Waals surface area contributed by atoms with E-state index in [1.54, 1.807) is 0 Å². The Kier molecular flexibility index (Phi) is 4.82. The third-order valence-corrected chi connectivity index (χ3v) is 4.75. The molecule has 1 N–H and O–H groups in total. The average molecular weight is 287 g/mol. The lowest BCUT2D eigenvalue weighted by Gasteiger charge is -2.00. The lowest BCUT2D eigenvalue weighted by Crippen LogP contribution is -2.08. The van der Waals surface area contributed by atoms with Crippen LogP contribution >= 0.6 is 23.1 Å². The van der Waals surface area contributed by atoms with E-state index < -0.39 is 0 Å². The molecular formula is C11H17N3O2S2. The summed E-state index contributed by atoms with van der Waals surface area (Å²) in [5.74, 6) is -0.136. The number of thioether (sulfide) groups is 1. The molecule has 1 aromatic rings. The first-order chi connectivity index (χ1) is 8.69. The van der Waals surface area contributed by atoms with Crippen molar-refractivity contribution in [2.75, 3.05) is 11.9 Å². The van der Waals surface area contributed by atoms with Crippen molar-refractivity contribution in [1.29, 1.82) is 0 Å². The molecular weight excluding hydrogens is 270 g/mol. The molecule has 0 radical (unpaired) electrons. The second-order valence-corrected chi connectivity index (χ2v) is 6.67. The summed E-state index contributed by atoms with van der Waals surface area (Å²) < 4.78 is 5.94. The maximum Gasteiger partial charge on any atom is 0.319 e. The number of hydrogen-bond acceptors (Lipinski definition) is 7. The minimum atomic E-state index is -0.136. The number of hydrogen-bond donors (Lipinski definition) is 1. The Morgan fingerprint density at radius 2 is 2.39 bits per heavy atom. The van der Waals surface area contributed by atoms with Gasteiger partial charge in [-0.15, -0.1) is 10.2 Å². The van der Waals surface area contributed by atoms with Gasteiger partial charge in [0, 0.05) is 13.0 Å². The van der Waals surface area contributed by atoms with E-state index in [1.807, 2.05) is 6.92 Å². The summed E-state index contributed by atoms with van der Waals surface area (Å²) in [7, 11) is 0. The summed E-state index contributed by atoms with van der Waals surface area (Å²) in [5.41, 5.74) is 0. The topological polar surface area (TPSA) is 64.1 Å². The summed E-state index contributed by atoms with van der Waals surface area (Å²) in [6.45, 7) is 4.98. The summed E-state index contributed by atoms with van der Waals surface area (Å²) in [5, 5.41) is 12.1. The van der Waals surface area contributed by atoms with Gasteiger partial charge >= 0.3 is 5.97 Å². The fourth-order valence-electron chi connectivity index (χ4n) is 1.64.